The van der Waals surface area contributed by atoms with Gasteiger partial charge in [-0.15, -0.1) is 6.58 Å². The van der Waals surface area contributed by atoms with E-state index in [0.717, 1.165) is 24.3 Å². The Hall–Kier alpha value is -1.91. The first-order valence-electron chi connectivity index (χ1n) is 8.39. The highest BCUT2D eigenvalue weighted by atomic mass is 19.1. The first-order chi connectivity index (χ1) is 11.5. The normalized spacial score (nSPS) is 12.8. The second-order valence-electron chi connectivity index (χ2n) is 6.55. The van der Waals surface area contributed by atoms with Crippen LogP contribution in [0.2, 0.25) is 0 Å². The standard InChI is InChI=1S/C20H27FN2O/c1-4-11-22(15-20(24)16(2)3)14-19-6-5-12-23(19)13-17-7-9-18(21)10-8-17/h4-10,12,16,20,24H,1,11,13-15H2,2-3H3. The minimum atomic E-state index is -0.356. The van der Waals surface area contributed by atoms with Crippen molar-refractivity contribution >= 4 is 0 Å². The van der Waals surface area contributed by atoms with E-state index in [0.29, 0.717) is 13.1 Å². The van der Waals surface area contributed by atoms with Crippen molar-refractivity contribution < 1.29 is 9.50 Å². The molecule has 0 aliphatic carbocycles. The van der Waals surface area contributed by atoms with Crippen molar-refractivity contribution in [2.45, 2.75) is 33.0 Å². The summed E-state index contributed by atoms with van der Waals surface area (Å²) in [7, 11) is 0. The summed E-state index contributed by atoms with van der Waals surface area (Å²) in [6, 6.07) is 10.7. The maximum absolute atomic E-state index is 13.0. The Balaban J connectivity index is 2.06. The third-order valence-corrected chi connectivity index (χ3v) is 4.18. The van der Waals surface area contributed by atoms with Crippen LogP contribution in [0.15, 0.2) is 55.3 Å². The summed E-state index contributed by atoms with van der Waals surface area (Å²) < 4.78 is 15.2. The molecule has 2 rings (SSSR count). The van der Waals surface area contributed by atoms with E-state index < -0.39 is 0 Å². The van der Waals surface area contributed by atoms with E-state index >= 15 is 0 Å². The molecule has 1 aromatic carbocycles. The Labute approximate surface area is 144 Å². The molecule has 1 N–H and O–H groups in total. The molecule has 0 aliphatic rings. The number of hydrogen-bond donors (Lipinski definition) is 1. The van der Waals surface area contributed by atoms with Crippen LogP contribution < -0.4 is 0 Å². The number of nitrogens with zero attached hydrogens (tertiary/aromatic N) is 2. The van der Waals surface area contributed by atoms with Crippen LogP contribution in [0.3, 0.4) is 0 Å². The van der Waals surface area contributed by atoms with E-state index in [1.54, 1.807) is 0 Å². The highest BCUT2D eigenvalue weighted by molar-refractivity contribution is 5.18. The van der Waals surface area contributed by atoms with Gasteiger partial charge >= 0.3 is 0 Å². The molecule has 1 atom stereocenters. The van der Waals surface area contributed by atoms with E-state index in [9.17, 15) is 9.50 Å². The number of halogens is 1. The van der Waals surface area contributed by atoms with Gasteiger partial charge in [0, 0.05) is 38.1 Å². The highest BCUT2D eigenvalue weighted by Crippen LogP contribution is 2.13. The third kappa shape index (κ3) is 5.32. The Morgan fingerprint density at radius 2 is 1.96 bits per heavy atom. The van der Waals surface area contributed by atoms with Crippen LogP contribution in [0.4, 0.5) is 4.39 Å². The molecule has 1 heterocycles. The fourth-order valence-corrected chi connectivity index (χ4v) is 2.62. The molecule has 24 heavy (non-hydrogen) atoms. The molecule has 4 heteroatoms. The molecule has 1 unspecified atom stereocenters. The lowest BCUT2D eigenvalue weighted by atomic mass is 10.1. The fourth-order valence-electron chi connectivity index (χ4n) is 2.62. The smallest absolute Gasteiger partial charge is 0.123 e. The van der Waals surface area contributed by atoms with Crippen LogP contribution in [-0.4, -0.2) is 33.8 Å². The van der Waals surface area contributed by atoms with E-state index in [-0.39, 0.29) is 17.8 Å². The monoisotopic (exact) mass is 330 g/mol. The predicted octanol–water partition coefficient (Wildman–Crippen LogP) is 3.68. The number of benzene rings is 1. The summed E-state index contributed by atoms with van der Waals surface area (Å²) in [6.07, 6.45) is 3.54. The second kappa shape index (κ2) is 8.81. The molecule has 2 aromatic rings. The quantitative estimate of drug-likeness (QED) is 0.711. The van der Waals surface area contributed by atoms with Gasteiger partial charge in [-0.25, -0.2) is 4.39 Å². The molecule has 0 saturated carbocycles. The summed E-state index contributed by atoms with van der Waals surface area (Å²) in [5.74, 6) is 0.00891. The lowest BCUT2D eigenvalue weighted by Crippen LogP contribution is -2.35. The summed E-state index contributed by atoms with van der Waals surface area (Å²) in [4.78, 5) is 2.19. The largest absolute Gasteiger partial charge is 0.392 e. The van der Waals surface area contributed by atoms with Crippen molar-refractivity contribution in [2.24, 2.45) is 5.92 Å². The number of rotatable bonds is 9. The molecular weight excluding hydrogens is 303 g/mol. The first-order valence-corrected chi connectivity index (χ1v) is 8.39. The number of hydrogen-bond acceptors (Lipinski definition) is 2. The maximum Gasteiger partial charge on any atom is 0.123 e. The van der Waals surface area contributed by atoms with Gasteiger partial charge in [0.2, 0.25) is 0 Å². The highest BCUT2D eigenvalue weighted by Gasteiger charge is 2.15. The zero-order valence-corrected chi connectivity index (χ0v) is 14.5. The van der Waals surface area contributed by atoms with Gasteiger partial charge in [-0.3, -0.25) is 4.90 Å². The Morgan fingerprint density at radius 1 is 1.25 bits per heavy atom. The SMILES string of the molecule is C=CCN(Cc1cccn1Cc1ccc(F)cc1)CC(O)C(C)C. The molecule has 1 aromatic heterocycles. The fraction of sp³-hybridized carbons (Fsp3) is 0.400. The zero-order valence-electron chi connectivity index (χ0n) is 14.5. The summed E-state index contributed by atoms with van der Waals surface area (Å²) in [5.41, 5.74) is 2.23. The summed E-state index contributed by atoms with van der Waals surface area (Å²) in [6.45, 7) is 10.6. The third-order valence-electron chi connectivity index (χ3n) is 4.18. The molecule has 0 saturated heterocycles. The van der Waals surface area contributed by atoms with Crippen LogP contribution in [0.5, 0.6) is 0 Å². The topological polar surface area (TPSA) is 28.4 Å². The molecule has 0 aliphatic heterocycles. The molecule has 0 radical (unpaired) electrons. The van der Waals surface area contributed by atoms with Gasteiger partial charge in [0.05, 0.1) is 6.10 Å². The van der Waals surface area contributed by atoms with Gasteiger partial charge in [-0.05, 0) is 35.7 Å². The molecule has 0 bridgehead atoms. The van der Waals surface area contributed by atoms with Crippen molar-refractivity contribution in [2.75, 3.05) is 13.1 Å². The van der Waals surface area contributed by atoms with E-state index in [1.165, 1.54) is 12.1 Å². The van der Waals surface area contributed by atoms with Crippen LogP contribution in [0, 0.1) is 11.7 Å². The van der Waals surface area contributed by atoms with Crippen LogP contribution in [0.1, 0.15) is 25.1 Å². The Kier molecular flexibility index (Phi) is 6.76. The average Bonchev–Trinajstić information content (AvgIpc) is 2.96. The van der Waals surface area contributed by atoms with Crippen molar-refractivity contribution in [1.29, 1.82) is 0 Å². The van der Waals surface area contributed by atoms with Gasteiger partial charge in [0.15, 0.2) is 0 Å². The molecule has 0 amide bonds. The minimum absolute atomic E-state index is 0.216. The van der Waals surface area contributed by atoms with Crippen molar-refractivity contribution in [1.82, 2.24) is 9.47 Å². The molecule has 3 nitrogen and oxygen atoms in total. The van der Waals surface area contributed by atoms with Crippen molar-refractivity contribution in [3.63, 3.8) is 0 Å². The number of aromatic nitrogens is 1. The average molecular weight is 330 g/mol. The first kappa shape index (κ1) is 18.4. The van der Waals surface area contributed by atoms with Crippen molar-refractivity contribution in [3.05, 3.63) is 72.3 Å². The molecule has 130 valence electrons. The van der Waals surface area contributed by atoms with Crippen LogP contribution >= 0.6 is 0 Å². The predicted molar refractivity (Wildman–Crippen MR) is 96.3 cm³/mol. The summed E-state index contributed by atoms with van der Waals surface area (Å²) >= 11 is 0. The molecule has 0 fully saturated rings. The lowest BCUT2D eigenvalue weighted by Gasteiger charge is -2.26. The number of aliphatic hydroxyl groups is 1. The number of aliphatic hydroxyl groups excluding tert-OH is 1. The maximum atomic E-state index is 13.0. The van der Waals surface area contributed by atoms with Gasteiger partial charge in [-0.2, -0.15) is 0 Å². The second-order valence-corrected chi connectivity index (χ2v) is 6.55. The van der Waals surface area contributed by atoms with E-state index in [2.05, 4.69) is 22.1 Å². The van der Waals surface area contributed by atoms with Crippen LogP contribution in [0.25, 0.3) is 0 Å². The lowest BCUT2D eigenvalue weighted by molar-refractivity contribution is 0.0772. The van der Waals surface area contributed by atoms with Crippen LogP contribution in [-0.2, 0) is 13.1 Å². The van der Waals surface area contributed by atoms with Crippen molar-refractivity contribution in [3.8, 4) is 0 Å². The Morgan fingerprint density at radius 3 is 2.58 bits per heavy atom. The summed E-state index contributed by atoms with van der Waals surface area (Å²) in [5, 5.41) is 10.2. The molecule has 0 spiro atoms. The van der Waals surface area contributed by atoms with E-state index in [1.807, 2.05) is 44.3 Å². The molecular formula is C20H27FN2O. The zero-order chi connectivity index (χ0) is 17.5. The van der Waals surface area contributed by atoms with Gasteiger partial charge in [0.1, 0.15) is 5.82 Å². The van der Waals surface area contributed by atoms with Gasteiger partial charge in [0.25, 0.3) is 0 Å². The van der Waals surface area contributed by atoms with Gasteiger partial charge in [-0.1, -0.05) is 32.1 Å². The van der Waals surface area contributed by atoms with E-state index in [4.69, 9.17) is 0 Å². The Bertz CT molecular complexity index is 633. The minimum Gasteiger partial charge on any atom is -0.392 e. The van der Waals surface area contributed by atoms with Gasteiger partial charge < -0.3 is 9.67 Å².